The minimum atomic E-state index is -5.41. The molecule has 49 heavy (non-hydrogen) atoms. The predicted molar refractivity (Wildman–Crippen MR) is 149 cm³/mol. The molecule has 11 atom stereocenters. The molecule has 26 nitrogen and oxygen atoms in total. The highest BCUT2D eigenvalue weighted by atomic mass is 31.3. The number of aliphatic hydroxyl groups excluding tert-OH is 6. The number of hydrogen-bond donors (Lipinski definition) is 13. The van der Waals surface area contributed by atoms with E-state index in [-0.39, 0.29) is 0 Å². The zero-order valence-electron chi connectivity index (χ0n) is 24.3. The van der Waals surface area contributed by atoms with Crippen LogP contribution in [0.5, 0.6) is 0 Å². The number of H-pyrrole nitrogens is 1. The zero-order valence-corrected chi connectivity index (χ0v) is 27.0. The highest BCUT2D eigenvalue weighted by molar-refractivity contribution is 7.64. The van der Waals surface area contributed by atoms with Gasteiger partial charge in [-0.2, -0.15) is 0 Å². The first-order chi connectivity index (χ1) is 22.3. The van der Waals surface area contributed by atoms with Gasteiger partial charge in [0, 0.05) is 12.3 Å². The molecule has 0 aromatic carbocycles. The smallest absolute Gasteiger partial charge is 0.476 e. The van der Waals surface area contributed by atoms with Crippen molar-refractivity contribution in [2.24, 2.45) is 5.73 Å². The van der Waals surface area contributed by atoms with Crippen molar-refractivity contribution in [1.29, 1.82) is 0 Å². The lowest BCUT2D eigenvalue weighted by Gasteiger charge is -2.45. The molecule has 1 aromatic rings. The average molecular weight is 775 g/mol. The lowest BCUT2D eigenvalue weighted by atomic mass is 9.89. The molecule has 3 heterocycles. The van der Waals surface area contributed by atoms with Crippen molar-refractivity contribution in [2.45, 2.75) is 54.7 Å². The number of aromatic amines is 1. The Hall–Kier alpha value is -2.55. The van der Waals surface area contributed by atoms with Gasteiger partial charge in [0.25, 0.3) is 11.3 Å². The molecular weight excluding hydrogens is 743 g/mol. The topological polar surface area (TPSA) is 457 Å². The van der Waals surface area contributed by atoms with Crippen molar-refractivity contribution in [1.82, 2.24) is 9.55 Å². The molecule has 280 valence electrons. The zero-order chi connectivity index (χ0) is 38.2. The van der Waals surface area contributed by atoms with Crippen molar-refractivity contribution in [3.8, 4) is 0 Å². The monoisotopic (exact) mass is 775 g/mol. The van der Waals surface area contributed by atoms with Gasteiger partial charge >= 0.3 is 35.1 Å². The number of carboxylic acid groups (broad SMARTS) is 1. The summed E-state index contributed by atoms with van der Waals surface area (Å²) in [6, 6.07) is -0.876. The molecule has 0 amide bonds. The molecule has 0 bridgehead atoms. The van der Waals surface area contributed by atoms with E-state index < -0.39 is 132 Å². The van der Waals surface area contributed by atoms with E-state index in [1.807, 2.05) is 4.98 Å². The van der Waals surface area contributed by atoms with Crippen LogP contribution in [0.2, 0.25) is 0 Å². The number of phosphoric acid groups is 1. The Balaban J connectivity index is 0.000000404. The van der Waals surface area contributed by atoms with Gasteiger partial charge in [0.15, 0.2) is 6.23 Å². The van der Waals surface area contributed by atoms with Crippen LogP contribution in [-0.2, 0) is 41.9 Å². The summed E-state index contributed by atoms with van der Waals surface area (Å²) in [5, 5.41) is 74.1. The van der Waals surface area contributed by atoms with Crippen LogP contribution in [0.25, 0.3) is 0 Å². The number of aromatic nitrogens is 2. The SMILES string of the molecule is N[C@@H]1[C@@H](O)[C@H](O)[C@@H](CO)OC1(O)C(=O)CP(=O)(O)OP(=O)(O)O.O=C(O)C(=O)C[P+](=O)[O-].O=c1ccn([C@@H]2O[C@H](CO)[C@@H](O)[C@H]2O)c(=O)[nH]1. The molecule has 0 spiro atoms. The molecule has 2 aliphatic heterocycles. The molecule has 0 aliphatic carbocycles. The maximum atomic E-state index is 12.0. The highest BCUT2D eigenvalue weighted by Gasteiger charge is 2.57. The Morgan fingerprint density at radius 2 is 1.55 bits per heavy atom. The Bertz CT molecular complexity index is 1560. The number of Topliss-reactive ketones (excluding diaryl/α,β-unsaturated/α-hetero) is 2. The van der Waals surface area contributed by atoms with Gasteiger partial charge in [0.05, 0.1) is 19.3 Å². The molecule has 2 aliphatic rings. The molecule has 3 unspecified atom stereocenters. The molecule has 2 saturated heterocycles. The van der Waals surface area contributed by atoms with Crippen molar-refractivity contribution in [3.05, 3.63) is 33.1 Å². The third-order valence-corrected chi connectivity index (χ3v) is 9.30. The molecule has 0 radical (unpaired) electrons. The van der Waals surface area contributed by atoms with Crippen LogP contribution in [-0.4, -0.2) is 157 Å². The number of carbonyl (C=O) groups is 3. The minimum Gasteiger partial charge on any atom is -0.595 e. The van der Waals surface area contributed by atoms with Crippen LogP contribution >= 0.6 is 23.4 Å². The normalized spacial score (nSPS) is 31.2. The maximum Gasteiger partial charge on any atom is 0.476 e. The lowest BCUT2D eigenvalue weighted by molar-refractivity contribution is -0.296. The first-order valence-corrected chi connectivity index (χ1v) is 17.5. The van der Waals surface area contributed by atoms with E-state index in [0.717, 1.165) is 16.8 Å². The standard InChI is InChI=1S/C9H12N2O6.C8H17NO12P2.C3H3O5P/c12-3-4-6(14)7(15)8(17-4)11-2-1-5(13)10-9(11)16;9-7-6(13)5(12)3(1-10)20-8(7,14)4(11)2-22(15,16)21-23(17,18)19;4-2(3(5)6)1-9(7)8/h1-2,4,6-8,12,14-15H,3H2,(H,10,13,16);3,5-7,10,12-14H,1-2,9H2,(H,15,16)(H2,17,18,19);1H2,(H,5,6)/t4-,6-,7-,8-;3-,5-,6+,7-,8?;/m11./s1. The number of ether oxygens (including phenoxy) is 2. The van der Waals surface area contributed by atoms with E-state index in [9.17, 15) is 73.0 Å². The van der Waals surface area contributed by atoms with Crippen LogP contribution in [0.1, 0.15) is 6.23 Å². The summed E-state index contributed by atoms with van der Waals surface area (Å²) >= 11 is 0. The summed E-state index contributed by atoms with van der Waals surface area (Å²) in [6.07, 6.45) is -11.4. The second-order valence-corrected chi connectivity index (χ2v) is 14.0. The molecule has 3 rings (SSSR count). The Morgan fingerprint density at radius 3 is 1.96 bits per heavy atom. The van der Waals surface area contributed by atoms with Crippen molar-refractivity contribution in [2.75, 3.05) is 25.5 Å². The summed E-state index contributed by atoms with van der Waals surface area (Å²) in [6.45, 7) is -1.41. The predicted octanol–water partition coefficient (Wildman–Crippen LogP) is -8.13. The molecule has 29 heteroatoms. The summed E-state index contributed by atoms with van der Waals surface area (Å²) in [5.74, 6) is -7.75. The second kappa shape index (κ2) is 18.1. The minimum absolute atomic E-state index is 0.479. The van der Waals surface area contributed by atoms with Crippen molar-refractivity contribution < 1.29 is 102 Å². The molecular formula is C20H32N3O23P3. The third-order valence-electron chi connectivity index (χ3n) is 6.19. The average Bonchev–Trinajstić information content (AvgIpc) is 3.25. The van der Waals surface area contributed by atoms with Gasteiger partial charge in [-0.1, -0.05) is 4.57 Å². The van der Waals surface area contributed by atoms with Gasteiger partial charge in [-0.15, -0.1) is 0 Å². The van der Waals surface area contributed by atoms with Crippen molar-refractivity contribution in [3.63, 3.8) is 0 Å². The highest BCUT2D eigenvalue weighted by Crippen LogP contribution is 2.57. The second-order valence-electron chi connectivity index (χ2n) is 9.80. The number of aliphatic carboxylic acids is 1. The third kappa shape index (κ3) is 12.6. The number of ketones is 2. The lowest BCUT2D eigenvalue weighted by Crippen LogP contribution is -2.71. The van der Waals surface area contributed by atoms with E-state index in [1.165, 1.54) is 0 Å². The van der Waals surface area contributed by atoms with Crippen LogP contribution in [0, 0.1) is 0 Å². The van der Waals surface area contributed by atoms with Gasteiger partial charge in [-0.05, 0) is 0 Å². The van der Waals surface area contributed by atoms with Gasteiger partial charge in [-0.3, -0.25) is 28.5 Å². The largest absolute Gasteiger partial charge is 0.595 e. The number of nitrogens with zero attached hydrogens (tertiary/aromatic N) is 1. The molecule has 14 N–H and O–H groups in total. The van der Waals surface area contributed by atoms with Gasteiger partial charge in [-0.25, -0.2) is 18.5 Å². The Kier molecular flexibility index (Phi) is 16.4. The number of carbonyl (C=O) groups excluding carboxylic acids is 2. The molecule has 1 aromatic heterocycles. The number of carboxylic acids is 1. The summed E-state index contributed by atoms with van der Waals surface area (Å²) in [5.41, 5.74) is 4.03. The maximum absolute atomic E-state index is 12.0. The van der Waals surface area contributed by atoms with Crippen LogP contribution < -0.4 is 21.9 Å². The number of nitrogens with one attached hydrogen (secondary N) is 1. The summed E-state index contributed by atoms with van der Waals surface area (Å²) < 4.78 is 46.0. The van der Waals surface area contributed by atoms with E-state index in [0.29, 0.717) is 0 Å². The molecule has 0 saturated carbocycles. The van der Waals surface area contributed by atoms with E-state index in [1.54, 1.807) is 0 Å². The quantitative estimate of drug-likeness (QED) is 0.0733. The molecule has 2 fully saturated rings. The number of rotatable bonds is 11. The van der Waals surface area contributed by atoms with Crippen LogP contribution in [0.3, 0.4) is 0 Å². The summed E-state index contributed by atoms with van der Waals surface area (Å²) in [7, 11) is -13.5. The van der Waals surface area contributed by atoms with Crippen LogP contribution in [0.15, 0.2) is 21.9 Å². The van der Waals surface area contributed by atoms with Crippen LogP contribution in [0.4, 0.5) is 0 Å². The van der Waals surface area contributed by atoms with Gasteiger partial charge in [0.2, 0.25) is 17.7 Å². The van der Waals surface area contributed by atoms with Gasteiger partial charge in [0.1, 0.15) is 42.8 Å². The first kappa shape index (κ1) is 44.5. The fourth-order valence-electron chi connectivity index (χ4n) is 3.85. The fourth-order valence-corrected chi connectivity index (χ4v) is 6.37. The number of nitrogens with two attached hydrogens (primary N) is 1. The van der Waals surface area contributed by atoms with Gasteiger partial charge < -0.3 is 75.6 Å². The fraction of sp³-hybridized carbons (Fsp3) is 0.650. The Labute approximate surface area is 272 Å². The number of hydrogen-bond acceptors (Lipinski definition) is 20. The summed E-state index contributed by atoms with van der Waals surface area (Å²) in [4.78, 5) is 91.7. The van der Waals surface area contributed by atoms with E-state index in [4.69, 9.17) is 40.3 Å². The van der Waals surface area contributed by atoms with E-state index >= 15 is 0 Å². The first-order valence-electron chi connectivity index (χ1n) is 12.9. The number of aliphatic hydroxyl groups is 7. The van der Waals surface area contributed by atoms with Crippen molar-refractivity contribution >= 4 is 41.0 Å². The van der Waals surface area contributed by atoms with E-state index in [2.05, 4.69) is 4.31 Å². The Morgan fingerprint density at radius 1 is 1.02 bits per heavy atom.